The maximum absolute atomic E-state index is 12.3. The van der Waals surface area contributed by atoms with Crippen molar-refractivity contribution in [3.8, 4) is 11.5 Å². The van der Waals surface area contributed by atoms with Gasteiger partial charge in [-0.2, -0.15) is 0 Å². The molecule has 1 atom stereocenters. The van der Waals surface area contributed by atoms with Gasteiger partial charge in [-0.1, -0.05) is 18.2 Å². The van der Waals surface area contributed by atoms with E-state index in [0.29, 0.717) is 17.1 Å². The molecule has 3 N–H and O–H groups in total. The van der Waals surface area contributed by atoms with Crippen LogP contribution in [0.4, 0.5) is 0 Å². The summed E-state index contributed by atoms with van der Waals surface area (Å²) < 4.78 is 10.5. The van der Waals surface area contributed by atoms with Crippen LogP contribution in [0.2, 0.25) is 0 Å². The number of fused-ring (bicyclic) bond motifs is 1. The Hall–Kier alpha value is -3.74. The maximum Gasteiger partial charge on any atom is 0.326 e. The lowest BCUT2D eigenvalue weighted by atomic mass is 10.0. The molecule has 7 heteroatoms. The monoisotopic (exact) mass is 394 g/mol. The van der Waals surface area contributed by atoms with E-state index in [0.717, 1.165) is 16.5 Å². The van der Waals surface area contributed by atoms with Gasteiger partial charge in [-0.15, -0.1) is 0 Å². The van der Waals surface area contributed by atoms with E-state index in [1.165, 1.54) is 13.2 Å². The fourth-order valence-corrected chi connectivity index (χ4v) is 3.08. The smallest absolute Gasteiger partial charge is 0.326 e. The summed E-state index contributed by atoms with van der Waals surface area (Å²) in [6, 6.07) is 11.8. The number of amides is 1. The van der Waals surface area contributed by atoms with Crippen LogP contribution in [-0.4, -0.2) is 42.2 Å². The van der Waals surface area contributed by atoms with Gasteiger partial charge in [0.15, 0.2) is 0 Å². The van der Waals surface area contributed by atoms with Crippen molar-refractivity contribution in [1.82, 2.24) is 10.3 Å². The van der Waals surface area contributed by atoms with Crippen LogP contribution in [0.3, 0.4) is 0 Å². The van der Waals surface area contributed by atoms with E-state index in [9.17, 15) is 14.7 Å². The standard InChI is InChI=1S/C22H22N2O5/c1-28-16-8-9-20(29-2)14(11-16)7-10-21(25)24-19(22(26)27)12-15-13-23-18-6-4-3-5-17(15)18/h3-11,13,19,23H,12H2,1-2H3,(H,24,25)(H,26,27)/b10-7+. The van der Waals surface area contributed by atoms with Gasteiger partial charge in [-0.3, -0.25) is 4.79 Å². The maximum atomic E-state index is 12.3. The molecule has 0 spiro atoms. The fourth-order valence-electron chi connectivity index (χ4n) is 3.08. The van der Waals surface area contributed by atoms with Crippen molar-refractivity contribution in [2.24, 2.45) is 0 Å². The zero-order chi connectivity index (χ0) is 20.8. The topological polar surface area (TPSA) is 101 Å². The molecule has 1 amide bonds. The third-order valence-electron chi connectivity index (χ3n) is 4.56. The first-order chi connectivity index (χ1) is 14.0. The number of para-hydroxylation sites is 1. The van der Waals surface area contributed by atoms with E-state index >= 15 is 0 Å². The van der Waals surface area contributed by atoms with Crippen LogP contribution < -0.4 is 14.8 Å². The number of benzene rings is 2. The average Bonchev–Trinajstić information content (AvgIpc) is 3.14. The van der Waals surface area contributed by atoms with E-state index < -0.39 is 17.9 Å². The average molecular weight is 394 g/mol. The summed E-state index contributed by atoms with van der Waals surface area (Å²) in [7, 11) is 3.07. The SMILES string of the molecule is COc1ccc(OC)c(/C=C/C(=O)NC(Cc2c[nH]c3ccccc23)C(=O)O)c1. The van der Waals surface area contributed by atoms with Gasteiger partial charge in [-0.05, 0) is 35.9 Å². The summed E-state index contributed by atoms with van der Waals surface area (Å²) in [4.78, 5) is 27.1. The third kappa shape index (κ3) is 4.76. The van der Waals surface area contributed by atoms with Crippen LogP contribution >= 0.6 is 0 Å². The number of methoxy groups -OCH3 is 2. The highest BCUT2D eigenvalue weighted by molar-refractivity contribution is 5.95. The van der Waals surface area contributed by atoms with Crippen molar-refractivity contribution in [3.05, 3.63) is 65.9 Å². The second-order valence-electron chi connectivity index (χ2n) is 6.40. The first-order valence-corrected chi connectivity index (χ1v) is 9.00. The summed E-state index contributed by atoms with van der Waals surface area (Å²) in [5.41, 5.74) is 2.39. The Bertz CT molecular complexity index is 1050. The molecule has 0 aliphatic carbocycles. The minimum absolute atomic E-state index is 0.168. The van der Waals surface area contributed by atoms with E-state index in [-0.39, 0.29) is 6.42 Å². The van der Waals surface area contributed by atoms with E-state index in [1.807, 2.05) is 24.3 Å². The Morgan fingerprint density at radius 3 is 2.69 bits per heavy atom. The van der Waals surface area contributed by atoms with Crippen LogP contribution in [0, 0.1) is 0 Å². The van der Waals surface area contributed by atoms with Gasteiger partial charge in [-0.25, -0.2) is 4.79 Å². The number of carbonyl (C=O) groups excluding carboxylic acids is 1. The quantitative estimate of drug-likeness (QED) is 0.510. The molecule has 0 fully saturated rings. The number of hydrogen-bond donors (Lipinski definition) is 3. The third-order valence-corrected chi connectivity index (χ3v) is 4.56. The molecule has 7 nitrogen and oxygen atoms in total. The van der Waals surface area contributed by atoms with Crippen molar-refractivity contribution < 1.29 is 24.2 Å². The molecular formula is C22H22N2O5. The fraction of sp³-hybridized carbons (Fsp3) is 0.182. The zero-order valence-electron chi connectivity index (χ0n) is 16.1. The molecule has 1 heterocycles. The van der Waals surface area contributed by atoms with Crippen LogP contribution in [0.1, 0.15) is 11.1 Å². The van der Waals surface area contributed by atoms with E-state index in [2.05, 4.69) is 10.3 Å². The summed E-state index contributed by atoms with van der Waals surface area (Å²) in [5.74, 6) is -0.421. The number of rotatable bonds is 8. The normalized spacial score (nSPS) is 12.1. The van der Waals surface area contributed by atoms with Gasteiger partial charge >= 0.3 is 5.97 Å². The number of ether oxygens (including phenoxy) is 2. The summed E-state index contributed by atoms with van der Waals surface area (Å²) in [6.07, 6.45) is 4.77. The zero-order valence-corrected chi connectivity index (χ0v) is 16.1. The number of H-pyrrole nitrogens is 1. The minimum Gasteiger partial charge on any atom is -0.497 e. The molecule has 0 saturated heterocycles. The number of carboxylic acids is 1. The number of aromatic amines is 1. The molecular weight excluding hydrogens is 372 g/mol. The van der Waals surface area contributed by atoms with Crippen LogP contribution in [0.15, 0.2) is 54.7 Å². The predicted octanol–water partition coefficient (Wildman–Crippen LogP) is 3.01. The molecule has 1 aromatic heterocycles. The molecule has 3 aromatic rings. The van der Waals surface area contributed by atoms with Gasteiger partial charge < -0.3 is 24.9 Å². The number of aliphatic carboxylic acids is 1. The molecule has 0 radical (unpaired) electrons. The molecule has 29 heavy (non-hydrogen) atoms. The lowest BCUT2D eigenvalue weighted by Crippen LogP contribution is -2.41. The summed E-state index contributed by atoms with van der Waals surface area (Å²) in [6.45, 7) is 0. The highest BCUT2D eigenvalue weighted by Crippen LogP contribution is 2.25. The van der Waals surface area contributed by atoms with E-state index in [1.54, 1.807) is 37.6 Å². The molecule has 0 saturated carbocycles. The van der Waals surface area contributed by atoms with Crippen molar-refractivity contribution in [2.75, 3.05) is 14.2 Å². The number of hydrogen-bond acceptors (Lipinski definition) is 4. The number of carbonyl (C=O) groups is 2. The lowest BCUT2D eigenvalue weighted by molar-refractivity contribution is -0.141. The van der Waals surface area contributed by atoms with Crippen molar-refractivity contribution in [2.45, 2.75) is 12.5 Å². The van der Waals surface area contributed by atoms with E-state index in [4.69, 9.17) is 9.47 Å². The van der Waals surface area contributed by atoms with Crippen LogP contribution in [-0.2, 0) is 16.0 Å². The van der Waals surface area contributed by atoms with Gasteiger partial charge in [0.1, 0.15) is 17.5 Å². The molecule has 0 aliphatic heterocycles. The molecule has 3 rings (SSSR count). The predicted molar refractivity (Wildman–Crippen MR) is 110 cm³/mol. The van der Waals surface area contributed by atoms with Gasteiger partial charge in [0.05, 0.1) is 14.2 Å². The van der Waals surface area contributed by atoms with Gasteiger partial charge in [0.2, 0.25) is 5.91 Å². The van der Waals surface area contributed by atoms with Crippen molar-refractivity contribution in [3.63, 3.8) is 0 Å². The number of carboxylic acid groups (broad SMARTS) is 1. The largest absolute Gasteiger partial charge is 0.497 e. The first kappa shape index (κ1) is 20.0. The second-order valence-corrected chi connectivity index (χ2v) is 6.40. The molecule has 150 valence electrons. The Labute approximate surface area is 168 Å². The molecule has 0 aliphatic rings. The Balaban J connectivity index is 1.73. The highest BCUT2D eigenvalue weighted by Gasteiger charge is 2.21. The number of nitrogens with one attached hydrogen (secondary N) is 2. The lowest BCUT2D eigenvalue weighted by Gasteiger charge is -2.13. The van der Waals surface area contributed by atoms with Crippen LogP contribution in [0.25, 0.3) is 17.0 Å². The summed E-state index contributed by atoms with van der Waals surface area (Å²) >= 11 is 0. The first-order valence-electron chi connectivity index (χ1n) is 9.00. The highest BCUT2D eigenvalue weighted by atomic mass is 16.5. The Morgan fingerprint density at radius 1 is 1.17 bits per heavy atom. The van der Waals surface area contributed by atoms with Gasteiger partial charge in [0.25, 0.3) is 0 Å². The molecule has 0 bridgehead atoms. The van der Waals surface area contributed by atoms with Crippen molar-refractivity contribution >= 4 is 28.9 Å². The summed E-state index contributed by atoms with van der Waals surface area (Å²) in [5, 5.41) is 13.0. The van der Waals surface area contributed by atoms with Crippen molar-refractivity contribution in [1.29, 1.82) is 0 Å². The molecule has 1 unspecified atom stereocenters. The second kappa shape index (κ2) is 8.97. The van der Waals surface area contributed by atoms with Crippen LogP contribution in [0.5, 0.6) is 11.5 Å². The van der Waals surface area contributed by atoms with Gasteiger partial charge in [0, 0.05) is 35.2 Å². The minimum atomic E-state index is -1.10. The Kier molecular flexibility index (Phi) is 6.19. The molecule has 2 aromatic carbocycles. The number of aromatic nitrogens is 1. The Morgan fingerprint density at radius 2 is 1.97 bits per heavy atom.